The maximum absolute atomic E-state index is 11.6. The Hall–Kier alpha value is -0.610. The fourth-order valence-electron chi connectivity index (χ4n) is 1.38. The fraction of sp³-hybridized carbons (Fsp3) is 0.500. The van der Waals surface area contributed by atoms with Crippen molar-refractivity contribution in [3.8, 4) is 0 Å². The molecular formula is C12H16BrClN2O. The Morgan fingerprint density at radius 1 is 1.29 bits per heavy atom. The van der Waals surface area contributed by atoms with Gasteiger partial charge in [0, 0.05) is 23.1 Å². The molecule has 0 saturated heterocycles. The van der Waals surface area contributed by atoms with E-state index in [1.54, 1.807) is 12.3 Å². The lowest BCUT2D eigenvalue weighted by atomic mass is 10.2. The molecule has 0 radical (unpaired) electrons. The first-order chi connectivity index (χ1) is 8.24. The van der Waals surface area contributed by atoms with Gasteiger partial charge >= 0.3 is 0 Å². The zero-order valence-corrected chi connectivity index (χ0v) is 11.9. The van der Waals surface area contributed by atoms with Gasteiger partial charge in [-0.3, -0.25) is 4.79 Å². The molecule has 1 aromatic rings. The minimum absolute atomic E-state index is 0.116. The molecule has 0 atom stereocenters. The molecule has 17 heavy (non-hydrogen) atoms. The van der Waals surface area contributed by atoms with Crippen molar-refractivity contribution in [2.24, 2.45) is 0 Å². The van der Waals surface area contributed by atoms with Gasteiger partial charge in [0.1, 0.15) is 5.69 Å². The highest BCUT2D eigenvalue weighted by Crippen LogP contribution is 2.07. The van der Waals surface area contributed by atoms with Crippen LogP contribution in [0.4, 0.5) is 0 Å². The van der Waals surface area contributed by atoms with E-state index in [0.29, 0.717) is 12.2 Å². The Kier molecular flexibility index (Phi) is 7.21. The van der Waals surface area contributed by atoms with Crippen LogP contribution in [0.3, 0.4) is 0 Å². The van der Waals surface area contributed by atoms with E-state index in [9.17, 15) is 4.79 Å². The fourth-order valence-corrected chi connectivity index (χ4v) is 1.80. The molecule has 1 rings (SSSR count). The van der Waals surface area contributed by atoms with Gasteiger partial charge in [-0.25, -0.2) is 4.98 Å². The monoisotopic (exact) mass is 318 g/mol. The number of pyridine rings is 1. The molecule has 94 valence electrons. The van der Waals surface area contributed by atoms with Gasteiger partial charge in [-0.15, -0.1) is 11.6 Å². The number of hydrogen-bond donors (Lipinski definition) is 1. The van der Waals surface area contributed by atoms with Crippen LogP contribution in [0.15, 0.2) is 22.8 Å². The first kappa shape index (κ1) is 14.5. The van der Waals surface area contributed by atoms with Crippen LogP contribution in [0.25, 0.3) is 0 Å². The number of hydrogen-bond acceptors (Lipinski definition) is 2. The number of aromatic nitrogens is 1. The Morgan fingerprint density at radius 3 is 2.71 bits per heavy atom. The van der Waals surface area contributed by atoms with Crippen molar-refractivity contribution in [3.05, 3.63) is 28.5 Å². The van der Waals surface area contributed by atoms with E-state index in [-0.39, 0.29) is 5.91 Å². The van der Waals surface area contributed by atoms with Gasteiger partial charge in [0.05, 0.1) is 0 Å². The maximum atomic E-state index is 11.6. The van der Waals surface area contributed by atoms with Crippen LogP contribution < -0.4 is 5.32 Å². The molecule has 0 aliphatic rings. The summed E-state index contributed by atoms with van der Waals surface area (Å²) in [4.78, 5) is 15.7. The van der Waals surface area contributed by atoms with Crippen molar-refractivity contribution >= 4 is 33.4 Å². The number of rotatable bonds is 7. The zero-order chi connectivity index (χ0) is 12.5. The molecule has 0 unspecified atom stereocenters. The van der Waals surface area contributed by atoms with Crippen molar-refractivity contribution in [1.82, 2.24) is 10.3 Å². The van der Waals surface area contributed by atoms with Gasteiger partial charge in [-0.2, -0.15) is 0 Å². The molecule has 3 nitrogen and oxygen atoms in total. The van der Waals surface area contributed by atoms with Crippen molar-refractivity contribution in [3.63, 3.8) is 0 Å². The highest BCUT2D eigenvalue weighted by molar-refractivity contribution is 9.10. The average Bonchev–Trinajstić information content (AvgIpc) is 2.34. The molecule has 0 fully saturated rings. The SMILES string of the molecule is O=C(NCCCCCCCl)c1ccc(Br)cn1. The topological polar surface area (TPSA) is 42.0 Å². The lowest BCUT2D eigenvalue weighted by molar-refractivity contribution is 0.0948. The van der Waals surface area contributed by atoms with Crippen LogP contribution in [0.5, 0.6) is 0 Å². The molecule has 0 spiro atoms. The third-order valence-electron chi connectivity index (χ3n) is 2.31. The predicted octanol–water partition coefficient (Wildman–Crippen LogP) is 3.37. The molecule has 1 aromatic heterocycles. The van der Waals surface area contributed by atoms with Gasteiger partial charge in [-0.1, -0.05) is 12.8 Å². The predicted molar refractivity (Wildman–Crippen MR) is 73.5 cm³/mol. The Bertz CT molecular complexity index is 343. The highest BCUT2D eigenvalue weighted by Gasteiger charge is 2.05. The number of carbonyl (C=O) groups is 1. The summed E-state index contributed by atoms with van der Waals surface area (Å²) in [5.74, 6) is 0.602. The second kappa shape index (κ2) is 8.48. The summed E-state index contributed by atoms with van der Waals surface area (Å²) >= 11 is 8.85. The summed E-state index contributed by atoms with van der Waals surface area (Å²) in [6, 6.07) is 3.51. The maximum Gasteiger partial charge on any atom is 0.269 e. The number of alkyl halides is 1. The summed E-state index contributed by atoms with van der Waals surface area (Å²) < 4.78 is 0.870. The van der Waals surface area contributed by atoms with Crippen LogP contribution in [0.1, 0.15) is 36.2 Å². The number of carbonyl (C=O) groups excluding carboxylic acids is 1. The summed E-state index contributed by atoms with van der Waals surface area (Å²) in [7, 11) is 0. The summed E-state index contributed by atoms with van der Waals surface area (Å²) in [5.41, 5.74) is 0.453. The largest absolute Gasteiger partial charge is 0.351 e. The Morgan fingerprint density at radius 2 is 2.06 bits per heavy atom. The average molecular weight is 320 g/mol. The lowest BCUT2D eigenvalue weighted by Crippen LogP contribution is -2.25. The zero-order valence-electron chi connectivity index (χ0n) is 9.59. The van der Waals surface area contributed by atoms with E-state index in [4.69, 9.17) is 11.6 Å². The van der Waals surface area contributed by atoms with Gasteiger partial charge in [0.25, 0.3) is 5.91 Å². The van der Waals surface area contributed by atoms with Gasteiger partial charge in [0.2, 0.25) is 0 Å². The van der Waals surface area contributed by atoms with Crippen LogP contribution in [0, 0.1) is 0 Å². The number of unbranched alkanes of at least 4 members (excludes halogenated alkanes) is 3. The van der Waals surface area contributed by atoms with Crippen molar-refractivity contribution in [2.75, 3.05) is 12.4 Å². The molecule has 0 saturated carbocycles. The molecule has 5 heteroatoms. The second-order valence-electron chi connectivity index (χ2n) is 3.72. The standard InChI is InChI=1S/C12H16BrClN2O/c13-10-5-6-11(16-9-10)12(17)15-8-4-2-1-3-7-14/h5-6,9H,1-4,7-8H2,(H,15,17). The lowest BCUT2D eigenvalue weighted by Gasteiger charge is -2.04. The molecule has 0 aromatic carbocycles. The van der Waals surface area contributed by atoms with Crippen LogP contribution in [0.2, 0.25) is 0 Å². The van der Waals surface area contributed by atoms with Gasteiger partial charge in [-0.05, 0) is 40.9 Å². The number of nitrogens with zero attached hydrogens (tertiary/aromatic N) is 1. The van der Waals surface area contributed by atoms with E-state index in [0.717, 1.165) is 36.0 Å². The quantitative estimate of drug-likeness (QED) is 0.618. The molecule has 1 heterocycles. The summed E-state index contributed by atoms with van der Waals surface area (Å²) in [6.07, 6.45) is 5.87. The van der Waals surface area contributed by atoms with Crippen molar-refractivity contribution in [1.29, 1.82) is 0 Å². The second-order valence-corrected chi connectivity index (χ2v) is 5.01. The normalized spacial score (nSPS) is 10.2. The minimum atomic E-state index is -0.116. The number of nitrogens with one attached hydrogen (secondary N) is 1. The Labute approximate surface area is 115 Å². The molecular weight excluding hydrogens is 304 g/mol. The van der Waals surface area contributed by atoms with E-state index < -0.39 is 0 Å². The first-order valence-electron chi connectivity index (χ1n) is 5.70. The van der Waals surface area contributed by atoms with Crippen molar-refractivity contribution < 1.29 is 4.79 Å². The van der Waals surface area contributed by atoms with E-state index in [2.05, 4.69) is 26.2 Å². The minimum Gasteiger partial charge on any atom is -0.351 e. The van der Waals surface area contributed by atoms with E-state index in [1.165, 1.54) is 0 Å². The molecule has 0 bridgehead atoms. The molecule has 1 N–H and O–H groups in total. The van der Waals surface area contributed by atoms with E-state index in [1.807, 2.05) is 6.07 Å². The van der Waals surface area contributed by atoms with Gasteiger partial charge in [0.15, 0.2) is 0 Å². The van der Waals surface area contributed by atoms with Crippen molar-refractivity contribution in [2.45, 2.75) is 25.7 Å². The molecule has 0 aliphatic carbocycles. The van der Waals surface area contributed by atoms with Crippen LogP contribution in [-0.2, 0) is 0 Å². The summed E-state index contributed by atoms with van der Waals surface area (Å²) in [6.45, 7) is 0.693. The summed E-state index contributed by atoms with van der Waals surface area (Å²) in [5, 5.41) is 2.85. The highest BCUT2D eigenvalue weighted by atomic mass is 79.9. The molecule has 1 amide bonds. The van der Waals surface area contributed by atoms with Crippen LogP contribution in [-0.4, -0.2) is 23.3 Å². The van der Waals surface area contributed by atoms with Gasteiger partial charge < -0.3 is 5.32 Å². The Balaban J connectivity index is 2.19. The number of amides is 1. The van der Waals surface area contributed by atoms with E-state index >= 15 is 0 Å². The first-order valence-corrected chi connectivity index (χ1v) is 7.02. The third-order valence-corrected chi connectivity index (χ3v) is 3.04. The third kappa shape index (κ3) is 6.03. The number of halogens is 2. The smallest absolute Gasteiger partial charge is 0.269 e. The van der Waals surface area contributed by atoms with Crippen LogP contribution >= 0.6 is 27.5 Å². The molecule has 0 aliphatic heterocycles.